The van der Waals surface area contributed by atoms with Crippen LogP contribution in [0.15, 0.2) is 83.8 Å². The van der Waals surface area contributed by atoms with Gasteiger partial charge >= 0.3 is 0 Å². The normalized spacial score (nSPS) is 19.6. The molecule has 0 bridgehead atoms. The molecule has 1 heterocycles. The maximum absolute atomic E-state index is 16.5. The lowest BCUT2D eigenvalue weighted by molar-refractivity contribution is 0.650. The molecule has 3 aromatic carbocycles. The van der Waals surface area contributed by atoms with E-state index in [0.717, 1.165) is 50.0 Å². The van der Waals surface area contributed by atoms with Crippen molar-refractivity contribution in [1.82, 2.24) is 4.31 Å². The summed E-state index contributed by atoms with van der Waals surface area (Å²) < 4.78 is 18.3. The number of anilines is 1. The van der Waals surface area contributed by atoms with E-state index in [2.05, 4.69) is 61.7 Å². The fourth-order valence-corrected chi connectivity index (χ4v) is 6.72. The molecule has 4 rings (SSSR count). The Labute approximate surface area is 192 Å². The van der Waals surface area contributed by atoms with E-state index >= 15 is 3.89 Å². The molecular formula is C28H31FN2S. The minimum absolute atomic E-state index is 0.820. The predicted molar refractivity (Wildman–Crippen MR) is 139 cm³/mol. The Hall–Kier alpha value is -2.82. The van der Waals surface area contributed by atoms with Crippen LogP contribution in [0.4, 0.5) is 9.57 Å². The molecule has 0 N–H and O–H groups in total. The Bertz CT molecular complexity index is 1220. The van der Waals surface area contributed by atoms with Crippen molar-refractivity contribution in [3.8, 4) is 0 Å². The van der Waals surface area contributed by atoms with Gasteiger partial charge in [0.25, 0.3) is 0 Å². The first-order valence-electron chi connectivity index (χ1n) is 11.1. The van der Waals surface area contributed by atoms with E-state index in [-0.39, 0.29) is 0 Å². The van der Waals surface area contributed by atoms with Gasteiger partial charge in [-0.3, -0.25) is 0 Å². The van der Waals surface area contributed by atoms with Crippen molar-refractivity contribution >= 4 is 33.3 Å². The van der Waals surface area contributed by atoms with Gasteiger partial charge in [-0.05, 0) is 61.6 Å². The molecule has 166 valence electrons. The van der Waals surface area contributed by atoms with Gasteiger partial charge in [-0.15, -0.1) is 0 Å². The molecule has 1 unspecified atom stereocenters. The van der Waals surface area contributed by atoms with E-state index in [1.807, 2.05) is 56.6 Å². The molecule has 0 aliphatic carbocycles. The molecule has 1 aliphatic rings. The molecule has 0 amide bonds. The largest absolute Gasteiger partial charge is 0.372 e. The lowest BCUT2D eigenvalue weighted by Crippen LogP contribution is -2.21. The lowest BCUT2D eigenvalue weighted by Gasteiger charge is -2.25. The van der Waals surface area contributed by atoms with Crippen molar-refractivity contribution < 1.29 is 3.89 Å². The summed E-state index contributed by atoms with van der Waals surface area (Å²) in [5.74, 6) is 0. The molecule has 0 fully saturated rings. The highest BCUT2D eigenvalue weighted by Gasteiger charge is 2.54. The van der Waals surface area contributed by atoms with Gasteiger partial charge in [0.1, 0.15) is 0 Å². The van der Waals surface area contributed by atoms with Gasteiger partial charge in [0.2, 0.25) is 0 Å². The lowest BCUT2D eigenvalue weighted by atomic mass is 10.0. The molecule has 0 saturated heterocycles. The monoisotopic (exact) mass is 446 g/mol. The molecule has 4 heteroatoms. The van der Waals surface area contributed by atoms with Crippen LogP contribution in [-0.2, 0) is 0 Å². The minimum atomic E-state index is -2.66. The second-order valence-electron chi connectivity index (χ2n) is 8.14. The summed E-state index contributed by atoms with van der Waals surface area (Å²) in [6.45, 7) is 10.3. The van der Waals surface area contributed by atoms with Crippen LogP contribution in [0.3, 0.4) is 0 Å². The first-order chi connectivity index (χ1) is 15.4. The Balaban J connectivity index is 1.94. The molecule has 32 heavy (non-hydrogen) atoms. The third kappa shape index (κ3) is 3.89. The van der Waals surface area contributed by atoms with E-state index in [1.54, 1.807) is 4.31 Å². The topological polar surface area (TPSA) is 6.48 Å². The van der Waals surface area contributed by atoms with Crippen molar-refractivity contribution in [1.29, 1.82) is 0 Å². The van der Waals surface area contributed by atoms with Gasteiger partial charge in [0.05, 0.1) is 9.81 Å². The van der Waals surface area contributed by atoms with E-state index in [0.29, 0.717) is 0 Å². The van der Waals surface area contributed by atoms with E-state index in [1.165, 1.54) is 5.69 Å². The van der Waals surface area contributed by atoms with E-state index < -0.39 is 10.6 Å². The molecule has 0 radical (unpaired) electrons. The zero-order chi connectivity index (χ0) is 22.9. The zero-order valence-electron chi connectivity index (χ0n) is 19.3. The highest BCUT2D eigenvalue weighted by atomic mass is 32.3. The number of benzene rings is 3. The summed E-state index contributed by atoms with van der Waals surface area (Å²) >= 11 is 0. The van der Waals surface area contributed by atoms with Gasteiger partial charge in [-0.2, -0.15) is 3.89 Å². The first kappa shape index (κ1) is 22.4. The van der Waals surface area contributed by atoms with Crippen LogP contribution < -0.4 is 15.3 Å². The van der Waals surface area contributed by atoms with Crippen LogP contribution in [0.1, 0.15) is 25.0 Å². The number of hydrogen-bond donors (Lipinski definition) is 0. The zero-order valence-corrected chi connectivity index (χ0v) is 20.1. The first-order valence-corrected chi connectivity index (χ1v) is 12.6. The molecule has 1 atom stereocenters. The van der Waals surface area contributed by atoms with Gasteiger partial charge < -0.3 is 4.90 Å². The van der Waals surface area contributed by atoms with Crippen molar-refractivity contribution in [3.63, 3.8) is 0 Å². The highest BCUT2D eigenvalue weighted by molar-refractivity contribution is 8.45. The number of nitrogens with zero attached hydrogens (tertiary/aromatic N) is 2. The standard InChI is InChI=1S/C28H31FN2S/c1-6-31(7-2)25-19-17-23(18-20-25)26(22-15-13-21(3)14-16-22)28-27(32(28,29)30(4)5)24-11-9-8-10-12-24/h8-20H,3,6-7H2,1-2,4-5H3. The Morgan fingerprint density at radius 1 is 0.844 bits per heavy atom. The van der Waals surface area contributed by atoms with E-state index in [4.69, 9.17) is 0 Å². The van der Waals surface area contributed by atoms with Crippen LogP contribution in [0.5, 0.6) is 0 Å². The average Bonchev–Trinajstić information content (AvgIpc) is 3.44. The molecule has 1 aliphatic heterocycles. The van der Waals surface area contributed by atoms with E-state index in [9.17, 15) is 0 Å². The van der Waals surface area contributed by atoms with Crippen molar-refractivity contribution in [2.45, 2.75) is 13.8 Å². The van der Waals surface area contributed by atoms with Crippen LogP contribution >= 0.6 is 10.6 Å². The van der Waals surface area contributed by atoms with Gasteiger partial charge in [0, 0.05) is 35.0 Å². The highest BCUT2D eigenvalue weighted by Crippen LogP contribution is 2.85. The minimum Gasteiger partial charge on any atom is -0.372 e. The van der Waals surface area contributed by atoms with Crippen molar-refractivity contribution in [2.24, 2.45) is 0 Å². The summed E-state index contributed by atoms with van der Waals surface area (Å²) in [6.07, 6.45) is 0. The number of rotatable bonds is 7. The van der Waals surface area contributed by atoms with Crippen LogP contribution in [-0.4, -0.2) is 31.5 Å². The Morgan fingerprint density at radius 3 is 1.97 bits per heavy atom. The summed E-state index contributed by atoms with van der Waals surface area (Å²) in [6, 6.07) is 26.6. The average molecular weight is 447 g/mol. The second kappa shape index (κ2) is 8.97. The van der Waals surface area contributed by atoms with Crippen molar-refractivity contribution in [3.05, 3.63) is 105 Å². The summed E-state index contributed by atoms with van der Waals surface area (Å²) in [7, 11) is 1.01. The van der Waals surface area contributed by atoms with Crippen LogP contribution in [0.25, 0.3) is 17.1 Å². The quantitative estimate of drug-likeness (QED) is 0.460. The Morgan fingerprint density at radius 2 is 1.44 bits per heavy atom. The molecule has 3 aromatic rings. The fourth-order valence-electron chi connectivity index (χ4n) is 4.21. The molecule has 2 nitrogen and oxygen atoms in total. The van der Waals surface area contributed by atoms with Gasteiger partial charge in [-0.25, -0.2) is 4.31 Å². The summed E-state index contributed by atoms with van der Waals surface area (Å²) in [4.78, 5) is 3.96. The SMILES string of the molecule is C=c1ccc(=C(C2=C(c3ccccc3)S2(F)N(C)C)c2ccc(N(CC)CC)cc2)cc1. The maximum Gasteiger partial charge on any atom is 0.0609 e. The second-order valence-corrected chi connectivity index (χ2v) is 10.7. The van der Waals surface area contributed by atoms with Gasteiger partial charge in [0.15, 0.2) is 0 Å². The fraction of sp³-hybridized carbons (Fsp3) is 0.214. The summed E-state index contributed by atoms with van der Waals surface area (Å²) in [5, 5.41) is 1.97. The third-order valence-electron chi connectivity index (χ3n) is 6.00. The number of halogens is 1. The predicted octanol–water partition coefficient (Wildman–Crippen LogP) is 5.69. The molecule has 0 spiro atoms. The van der Waals surface area contributed by atoms with Crippen LogP contribution in [0, 0.1) is 0 Å². The molecule has 0 aromatic heterocycles. The van der Waals surface area contributed by atoms with Crippen molar-refractivity contribution in [2.75, 3.05) is 32.1 Å². The van der Waals surface area contributed by atoms with Gasteiger partial charge in [-0.1, -0.05) is 73.3 Å². The summed E-state index contributed by atoms with van der Waals surface area (Å²) in [5.41, 5.74) is 4.15. The third-order valence-corrected chi connectivity index (χ3v) is 8.73. The smallest absolute Gasteiger partial charge is 0.0609 e. The molecule has 0 saturated carbocycles. The number of allylic oxidation sites excluding steroid dienone is 1. The number of hydrogen-bond acceptors (Lipinski definition) is 2. The van der Waals surface area contributed by atoms with Crippen LogP contribution in [0.2, 0.25) is 0 Å². The maximum atomic E-state index is 16.5. The Kier molecular flexibility index (Phi) is 6.27. The molecular weight excluding hydrogens is 415 g/mol.